The number of aliphatic carboxylic acids is 2. The molecule has 1 aliphatic heterocycles. The summed E-state index contributed by atoms with van der Waals surface area (Å²) in [4.78, 5) is 80.8. The van der Waals surface area contributed by atoms with E-state index in [2.05, 4.69) is 20.2 Å². The van der Waals surface area contributed by atoms with Crippen LogP contribution in [0.5, 0.6) is 0 Å². The third kappa shape index (κ3) is 5.23. The summed E-state index contributed by atoms with van der Waals surface area (Å²) in [5.41, 5.74) is 0.660. The van der Waals surface area contributed by atoms with Gasteiger partial charge >= 0.3 is 11.9 Å². The molecule has 4 heterocycles. The van der Waals surface area contributed by atoms with Crippen LogP contribution < -0.4 is 27.4 Å². The van der Waals surface area contributed by atoms with E-state index in [1.54, 1.807) is 13.8 Å². The Bertz CT molecular complexity index is 2070. The molecule has 3 aliphatic rings. The fourth-order valence-corrected chi connectivity index (χ4v) is 7.00. The molecule has 2 fully saturated rings. The topological polar surface area (TPSA) is 211 Å². The van der Waals surface area contributed by atoms with E-state index in [-0.39, 0.29) is 51.0 Å². The molecule has 1 amide bonds. The van der Waals surface area contributed by atoms with Gasteiger partial charge < -0.3 is 20.2 Å². The molecule has 14 nitrogen and oxygen atoms in total. The second-order valence-corrected chi connectivity index (χ2v) is 12.2. The average molecular weight is 619 g/mol. The van der Waals surface area contributed by atoms with E-state index in [1.807, 2.05) is 0 Å². The molecule has 2 aliphatic carbocycles. The number of nitrogens with zero attached hydrogens (tertiary/aromatic N) is 3. The highest BCUT2D eigenvalue weighted by atomic mass is 16.4. The van der Waals surface area contributed by atoms with Gasteiger partial charge in [-0.05, 0) is 88.5 Å². The monoisotopic (exact) mass is 618 g/mol. The van der Waals surface area contributed by atoms with Crippen molar-refractivity contribution in [1.82, 2.24) is 24.8 Å². The summed E-state index contributed by atoms with van der Waals surface area (Å²) in [6, 6.07) is -0.450. The van der Waals surface area contributed by atoms with E-state index in [0.29, 0.717) is 67.9 Å². The number of hydrogen-bond acceptors (Lipinski definition) is 7. The molecule has 0 unspecified atom stereocenters. The van der Waals surface area contributed by atoms with Crippen LogP contribution >= 0.6 is 0 Å². The maximum Gasteiger partial charge on any atom is 0.306 e. The quantitative estimate of drug-likeness (QED) is 0.271. The number of hydrogen-bond donors (Lipinski definition) is 5. The SMILES string of the molecule is Cc1c2c([nH]c(=O)c1=CC=Cc1c(C)c3c(=O)n(C4CCC(C(=O)O)CC4)[nH]c3[nH]c1=O)=NN(C1CCC(C(=O)O)CC1)C2=O. The first-order valence-electron chi connectivity index (χ1n) is 15.1. The average Bonchev–Trinajstić information content (AvgIpc) is 3.52. The van der Waals surface area contributed by atoms with Gasteiger partial charge in [0.1, 0.15) is 5.65 Å². The van der Waals surface area contributed by atoms with E-state index >= 15 is 0 Å². The van der Waals surface area contributed by atoms with Gasteiger partial charge in [-0.3, -0.25) is 33.9 Å². The summed E-state index contributed by atoms with van der Waals surface area (Å²) in [5.74, 6) is -2.88. The summed E-state index contributed by atoms with van der Waals surface area (Å²) < 4.78 is 1.47. The number of aryl methyl sites for hydroxylation is 1. The van der Waals surface area contributed by atoms with E-state index in [1.165, 1.54) is 27.9 Å². The van der Waals surface area contributed by atoms with Gasteiger partial charge in [0.15, 0.2) is 5.49 Å². The lowest BCUT2D eigenvalue weighted by Gasteiger charge is -2.30. The van der Waals surface area contributed by atoms with Gasteiger partial charge in [0.2, 0.25) is 0 Å². The molecular formula is C31H34N6O8. The molecule has 6 rings (SSSR count). The molecule has 3 aromatic rings. The summed E-state index contributed by atoms with van der Waals surface area (Å²) in [6.45, 7) is 3.33. The van der Waals surface area contributed by atoms with Crippen LogP contribution in [-0.4, -0.2) is 58.9 Å². The Hall–Kier alpha value is -5.01. The van der Waals surface area contributed by atoms with Crippen LogP contribution in [-0.2, 0) is 9.59 Å². The second-order valence-electron chi connectivity index (χ2n) is 12.2. The van der Waals surface area contributed by atoms with Gasteiger partial charge in [-0.15, -0.1) is 0 Å². The molecule has 5 N–H and O–H groups in total. The highest BCUT2D eigenvalue weighted by molar-refractivity contribution is 5.96. The largest absolute Gasteiger partial charge is 0.481 e. The molecule has 14 heteroatoms. The van der Waals surface area contributed by atoms with Crippen LogP contribution in [0, 0.1) is 25.7 Å². The normalized spacial score (nSPS) is 23.9. The van der Waals surface area contributed by atoms with Crippen molar-refractivity contribution < 1.29 is 24.6 Å². The van der Waals surface area contributed by atoms with Gasteiger partial charge in [-0.1, -0.05) is 6.08 Å². The number of fused-ring (bicyclic) bond motifs is 2. The van der Waals surface area contributed by atoms with Crippen molar-refractivity contribution in [3.05, 3.63) is 70.1 Å². The summed E-state index contributed by atoms with van der Waals surface area (Å²) in [6.07, 6.45) is 8.42. The predicted octanol–water partition coefficient (Wildman–Crippen LogP) is 1.27. The smallest absolute Gasteiger partial charge is 0.306 e. The highest BCUT2D eigenvalue weighted by Gasteiger charge is 2.36. The molecular weight excluding hydrogens is 584 g/mol. The van der Waals surface area contributed by atoms with Crippen LogP contribution in [0.25, 0.3) is 23.2 Å². The lowest BCUT2D eigenvalue weighted by atomic mass is 9.86. The van der Waals surface area contributed by atoms with Crippen LogP contribution in [0.1, 0.15) is 84.5 Å². The number of aromatic amines is 3. The third-order valence-electron chi connectivity index (χ3n) is 9.63. The number of allylic oxidation sites excluding steroid dienone is 1. The number of amides is 1. The number of pyridine rings is 2. The summed E-state index contributed by atoms with van der Waals surface area (Å²) in [7, 11) is 0. The standard InChI is InChI=1S/C31H34N6O8/c1-14-20(26(38)32-24-22(14)28(40)36(34-24)18-10-6-16(7-11-18)30(42)43)4-3-5-21-15(2)23-25(33-27(21)39)35-37(29(23)41)19-12-8-17(9-13-19)31(44)45/h3-5,16-19H,6-13H2,1-2H3,(H,42,43)(H,44,45)(H,32,34,38)(H2,33,35,39). The van der Waals surface area contributed by atoms with Crippen molar-refractivity contribution in [2.24, 2.45) is 16.9 Å². The van der Waals surface area contributed by atoms with Crippen LogP contribution in [0.3, 0.4) is 0 Å². The van der Waals surface area contributed by atoms with E-state index in [9.17, 15) is 39.0 Å². The molecule has 0 radical (unpaired) electrons. The molecule has 0 spiro atoms. The van der Waals surface area contributed by atoms with Gasteiger partial charge in [-0.25, -0.2) is 9.69 Å². The van der Waals surface area contributed by atoms with Gasteiger partial charge in [-0.2, -0.15) is 5.10 Å². The van der Waals surface area contributed by atoms with Crippen LogP contribution in [0.4, 0.5) is 0 Å². The maximum absolute atomic E-state index is 13.4. The molecule has 0 saturated heterocycles. The Kier molecular flexibility index (Phi) is 7.67. The molecule has 0 bridgehead atoms. The Morgan fingerprint density at radius 1 is 0.822 bits per heavy atom. The van der Waals surface area contributed by atoms with Crippen molar-refractivity contribution in [2.75, 3.05) is 0 Å². The number of carbonyl (C=O) groups excluding carboxylic acids is 1. The molecule has 0 atom stereocenters. The number of carboxylic acids is 2. The Labute approximate surface area is 254 Å². The minimum Gasteiger partial charge on any atom is -0.481 e. The second kappa shape index (κ2) is 11.5. The first kappa shape index (κ1) is 30.0. The van der Waals surface area contributed by atoms with Crippen LogP contribution in [0.2, 0.25) is 0 Å². The zero-order valence-corrected chi connectivity index (χ0v) is 24.9. The first-order valence-corrected chi connectivity index (χ1v) is 15.1. The molecule has 2 saturated carbocycles. The highest BCUT2D eigenvalue weighted by Crippen LogP contribution is 2.32. The van der Waals surface area contributed by atoms with Crippen LogP contribution in [0.15, 0.2) is 25.6 Å². The number of aromatic nitrogens is 4. The zero-order valence-electron chi connectivity index (χ0n) is 24.9. The van der Waals surface area contributed by atoms with Gasteiger partial charge in [0.25, 0.3) is 22.6 Å². The Morgan fingerprint density at radius 2 is 1.42 bits per heavy atom. The number of carboxylic acid groups (broad SMARTS) is 2. The Morgan fingerprint density at radius 3 is 2.02 bits per heavy atom. The van der Waals surface area contributed by atoms with Gasteiger partial charge in [0, 0.05) is 10.8 Å². The van der Waals surface area contributed by atoms with E-state index in [4.69, 9.17) is 0 Å². The third-order valence-corrected chi connectivity index (χ3v) is 9.63. The van der Waals surface area contributed by atoms with Crippen molar-refractivity contribution in [3.63, 3.8) is 0 Å². The minimum atomic E-state index is -0.839. The first-order chi connectivity index (χ1) is 21.5. The number of carbonyl (C=O) groups is 3. The number of H-pyrrole nitrogens is 3. The zero-order chi connectivity index (χ0) is 32.2. The lowest BCUT2D eigenvalue weighted by molar-refractivity contribution is -0.144. The fourth-order valence-electron chi connectivity index (χ4n) is 7.00. The fraction of sp³-hybridized carbons (Fsp3) is 0.452. The summed E-state index contributed by atoms with van der Waals surface area (Å²) in [5, 5.41) is 27.8. The number of rotatable bonds is 6. The molecule has 3 aromatic heterocycles. The summed E-state index contributed by atoms with van der Waals surface area (Å²) >= 11 is 0. The van der Waals surface area contributed by atoms with Gasteiger partial charge in [0.05, 0.1) is 34.9 Å². The predicted molar refractivity (Wildman–Crippen MR) is 162 cm³/mol. The maximum atomic E-state index is 13.4. The van der Waals surface area contributed by atoms with Crippen molar-refractivity contribution in [2.45, 2.75) is 77.3 Å². The van der Waals surface area contributed by atoms with Crippen molar-refractivity contribution in [3.8, 4) is 0 Å². The molecule has 0 aromatic carbocycles. The Balaban J connectivity index is 1.27. The number of nitrogens with one attached hydrogen (secondary N) is 3. The molecule has 236 valence electrons. The van der Waals surface area contributed by atoms with E-state index < -0.39 is 34.9 Å². The van der Waals surface area contributed by atoms with Crippen molar-refractivity contribution >= 4 is 41.0 Å². The molecule has 45 heavy (non-hydrogen) atoms. The minimum absolute atomic E-state index is 0.168. The van der Waals surface area contributed by atoms with E-state index in [0.717, 1.165) is 0 Å². The lowest BCUT2D eigenvalue weighted by Crippen LogP contribution is -2.39. The van der Waals surface area contributed by atoms with Crippen molar-refractivity contribution in [1.29, 1.82) is 0 Å².